The lowest BCUT2D eigenvalue weighted by atomic mass is 9.50. The van der Waals surface area contributed by atoms with Gasteiger partial charge < -0.3 is 19.7 Å². The Morgan fingerprint density at radius 1 is 1.12 bits per heavy atom. The van der Waals surface area contributed by atoms with Gasteiger partial charge in [-0.2, -0.15) is 0 Å². The summed E-state index contributed by atoms with van der Waals surface area (Å²) in [6, 6.07) is 14.2. The zero-order chi connectivity index (χ0) is 28.2. The molecule has 2 saturated carbocycles. The third-order valence-electron chi connectivity index (χ3n) is 8.62. The maximum atomic E-state index is 14.8. The number of carboxylic acid groups (broad SMARTS) is 1. The summed E-state index contributed by atoms with van der Waals surface area (Å²) in [5, 5.41) is 13.1. The predicted octanol–water partition coefficient (Wildman–Crippen LogP) is 6.49. The van der Waals surface area contributed by atoms with Crippen molar-refractivity contribution in [2.24, 2.45) is 11.3 Å². The quantitative estimate of drug-likeness (QED) is 0.269. The Bertz CT molecular complexity index is 1620. The monoisotopic (exact) mass is 561 g/mol. The predicted molar refractivity (Wildman–Crippen MR) is 150 cm³/mol. The fourth-order valence-corrected chi connectivity index (χ4v) is 6.69. The number of carbonyl (C=O) groups is 2. The van der Waals surface area contributed by atoms with E-state index in [1.165, 1.54) is 19.2 Å². The van der Waals surface area contributed by atoms with Crippen molar-refractivity contribution in [1.29, 1.82) is 0 Å². The molecule has 0 radical (unpaired) electrons. The molecule has 1 atom stereocenters. The lowest BCUT2D eigenvalue weighted by Crippen LogP contribution is -2.57. The highest BCUT2D eigenvalue weighted by atomic mass is 35.5. The van der Waals surface area contributed by atoms with Gasteiger partial charge in [0.1, 0.15) is 10.8 Å². The normalized spacial score (nSPS) is 22.4. The van der Waals surface area contributed by atoms with Crippen LogP contribution in [0.2, 0.25) is 5.02 Å². The third-order valence-corrected chi connectivity index (χ3v) is 8.89. The van der Waals surface area contributed by atoms with Gasteiger partial charge in [0.2, 0.25) is 5.88 Å². The van der Waals surface area contributed by atoms with Gasteiger partial charge in [0.05, 0.1) is 30.1 Å². The highest BCUT2D eigenvalue weighted by Gasteiger charge is 2.55. The summed E-state index contributed by atoms with van der Waals surface area (Å²) in [6.45, 7) is 2.01. The van der Waals surface area contributed by atoms with Gasteiger partial charge in [-0.1, -0.05) is 35.9 Å². The number of benzene rings is 2. The van der Waals surface area contributed by atoms with Crippen molar-refractivity contribution < 1.29 is 23.8 Å². The highest BCUT2D eigenvalue weighted by Crippen LogP contribution is 2.58. The molecule has 0 bridgehead atoms. The molecule has 1 amide bonds. The van der Waals surface area contributed by atoms with Crippen molar-refractivity contribution in [3.05, 3.63) is 82.9 Å². The number of nitrogens with one attached hydrogen (secondary N) is 1. The summed E-state index contributed by atoms with van der Waals surface area (Å²) in [6.07, 6.45) is 6.44. The maximum absolute atomic E-state index is 14.8. The molecule has 2 fully saturated rings. The minimum atomic E-state index is -0.738. The molecule has 2 aromatic heterocycles. The van der Waals surface area contributed by atoms with Crippen molar-refractivity contribution in [2.75, 3.05) is 7.11 Å². The Kier molecular flexibility index (Phi) is 6.53. The first-order valence-corrected chi connectivity index (χ1v) is 13.7. The number of carbonyl (C=O) groups excluding carboxylic acids is 1. The van der Waals surface area contributed by atoms with Crippen LogP contribution < -0.4 is 10.1 Å². The molecular weight excluding hydrogens is 533 g/mol. The molecule has 4 aromatic rings. The van der Waals surface area contributed by atoms with Crippen molar-refractivity contribution in [2.45, 2.75) is 44.7 Å². The van der Waals surface area contributed by atoms with E-state index >= 15 is 0 Å². The van der Waals surface area contributed by atoms with Crippen LogP contribution in [0.5, 0.6) is 5.88 Å². The van der Waals surface area contributed by atoms with Crippen molar-refractivity contribution in [3.63, 3.8) is 0 Å². The van der Waals surface area contributed by atoms with Crippen LogP contribution in [-0.4, -0.2) is 39.7 Å². The number of halogens is 2. The molecule has 0 unspecified atom stereocenters. The summed E-state index contributed by atoms with van der Waals surface area (Å²) < 4.78 is 21.9. The first kappa shape index (κ1) is 26.3. The molecule has 2 aliphatic rings. The van der Waals surface area contributed by atoms with Gasteiger partial charge in [0.15, 0.2) is 0 Å². The number of pyridine rings is 1. The molecule has 9 heteroatoms. The van der Waals surface area contributed by atoms with E-state index in [0.29, 0.717) is 40.2 Å². The molecule has 0 aliphatic heterocycles. The Labute approximate surface area is 235 Å². The fraction of sp³-hybridized carbons (Fsp3) is 0.323. The van der Waals surface area contributed by atoms with E-state index in [0.717, 1.165) is 29.5 Å². The average molecular weight is 562 g/mol. The van der Waals surface area contributed by atoms with E-state index in [1.54, 1.807) is 18.3 Å². The topological polar surface area (TPSA) is 93.5 Å². The lowest BCUT2D eigenvalue weighted by molar-refractivity contribution is -0.155. The molecule has 6 rings (SSSR count). The van der Waals surface area contributed by atoms with Crippen LogP contribution in [0.15, 0.2) is 60.9 Å². The van der Waals surface area contributed by atoms with Crippen molar-refractivity contribution in [3.8, 4) is 17.0 Å². The van der Waals surface area contributed by atoms with Gasteiger partial charge in [0, 0.05) is 29.4 Å². The minimum absolute atomic E-state index is 0.00308. The van der Waals surface area contributed by atoms with Gasteiger partial charge in [-0.25, -0.2) is 9.37 Å². The molecule has 7 nitrogen and oxygen atoms in total. The number of nitrogens with zero attached hydrogens (tertiary/aromatic N) is 2. The van der Waals surface area contributed by atoms with E-state index in [2.05, 4.69) is 10.3 Å². The second-order valence-corrected chi connectivity index (χ2v) is 11.5. The molecule has 40 heavy (non-hydrogen) atoms. The summed E-state index contributed by atoms with van der Waals surface area (Å²) in [4.78, 5) is 28.8. The second kappa shape index (κ2) is 9.93. The molecule has 0 saturated heterocycles. The Morgan fingerprint density at radius 2 is 1.85 bits per heavy atom. The number of hydrogen-bond donors (Lipinski definition) is 2. The van der Waals surface area contributed by atoms with Crippen LogP contribution >= 0.6 is 11.6 Å². The van der Waals surface area contributed by atoms with E-state index in [-0.39, 0.29) is 35.1 Å². The molecule has 2 N–H and O–H groups in total. The fourth-order valence-electron chi connectivity index (χ4n) is 6.45. The summed E-state index contributed by atoms with van der Waals surface area (Å²) >= 11 is 6.25. The highest BCUT2D eigenvalue weighted by molar-refractivity contribution is 6.32. The number of amides is 1. The molecule has 2 aromatic carbocycles. The number of fused-ring (bicyclic) bond motifs is 1. The Hall–Kier alpha value is -3.91. The standard InChI is InChI=1S/C31H29ClFN3O4/c1-17(18-3-5-19(6-4-18)20-11-25(32)29(40-2)34-16-20)36-10-9-23-26(33)8-7-24(27(23)36)28(37)35-22-14-31(15-22)12-21(13-31)30(38)39/h3-11,16-17,21-22H,12-15H2,1-2H3,(H,35,37)(H,38,39)/t17-,21?,22?,31?/m1/s1. The van der Waals surface area contributed by atoms with Crippen molar-refractivity contribution >= 4 is 34.4 Å². The number of methoxy groups -OCH3 is 1. The largest absolute Gasteiger partial charge is 0.481 e. The maximum Gasteiger partial charge on any atom is 0.306 e. The van der Waals surface area contributed by atoms with Crippen LogP contribution in [0.3, 0.4) is 0 Å². The Morgan fingerprint density at radius 3 is 2.50 bits per heavy atom. The summed E-state index contributed by atoms with van der Waals surface area (Å²) in [5.74, 6) is -1.26. The van der Waals surface area contributed by atoms with Crippen LogP contribution in [0.4, 0.5) is 4.39 Å². The first-order valence-electron chi connectivity index (χ1n) is 13.3. The van der Waals surface area contributed by atoms with Crippen molar-refractivity contribution in [1.82, 2.24) is 14.9 Å². The number of aliphatic carboxylic acids is 1. The number of ether oxygens (including phenoxy) is 1. The Balaban J connectivity index is 1.22. The molecule has 206 valence electrons. The number of aromatic nitrogens is 2. The molecule has 2 aliphatic carbocycles. The average Bonchev–Trinajstić information content (AvgIpc) is 3.35. The zero-order valence-electron chi connectivity index (χ0n) is 22.2. The van der Waals surface area contributed by atoms with E-state index in [4.69, 9.17) is 16.3 Å². The number of carboxylic acids is 1. The van der Waals surface area contributed by atoms with Crippen LogP contribution in [0.25, 0.3) is 22.0 Å². The van der Waals surface area contributed by atoms with Gasteiger partial charge in [-0.15, -0.1) is 0 Å². The van der Waals surface area contributed by atoms with Gasteiger partial charge in [-0.3, -0.25) is 9.59 Å². The third kappa shape index (κ3) is 4.50. The van der Waals surface area contributed by atoms with E-state index in [1.807, 2.05) is 42.0 Å². The number of hydrogen-bond acceptors (Lipinski definition) is 4. The van der Waals surface area contributed by atoms with Crippen LogP contribution in [0.1, 0.15) is 54.6 Å². The van der Waals surface area contributed by atoms with Crippen LogP contribution in [-0.2, 0) is 4.79 Å². The first-order chi connectivity index (χ1) is 19.2. The van der Waals surface area contributed by atoms with E-state index < -0.39 is 5.97 Å². The summed E-state index contributed by atoms with van der Waals surface area (Å²) in [7, 11) is 1.52. The lowest BCUT2D eigenvalue weighted by Gasteiger charge is -2.56. The van der Waals surface area contributed by atoms with Gasteiger partial charge in [0.25, 0.3) is 5.91 Å². The van der Waals surface area contributed by atoms with Gasteiger partial charge in [-0.05, 0) is 73.4 Å². The molecular formula is C31H29ClFN3O4. The molecule has 2 heterocycles. The minimum Gasteiger partial charge on any atom is -0.481 e. The summed E-state index contributed by atoms with van der Waals surface area (Å²) in [5.41, 5.74) is 3.80. The zero-order valence-corrected chi connectivity index (χ0v) is 22.9. The molecule has 1 spiro atoms. The SMILES string of the molecule is COc1ncc(-c2ccc([C@@H](C)n3ccc4c(F)ccc(C(=O)NC5CC6(C5)CC(C(=O)O)C6)c43)cc2)cc1Cl. The smallest absolute Gasteiger partial charge is 0.306 e. The van der Waals surface area contributed by atoms with Crippen LogP contribution in [0, 0.1) is 17.2 Å². The van der Waals surface area contributed by atoms with E-state index in [9.17, 15) is 19.1 Å². The van der Waals surface area contributed by atoms with Gasteiger partial charge >= 0.3 is 5.97 Å². The second-order valence-electron chi connectivity index (χ2n) is 11.1. The number of rotatable bonds is 7.